The maximum atomic E-state index is 9.31. The van der Waals surface area contributed by atoms with Crippen LogP contribution < -0.4 is 15.4 Å². The van der Waals surface area contributed by atoms with Gasteiger partial charge in [-0.2, -0.15) is 0 Å². The van der Waals surface area contributed by atoms with Crippen molar-refractivity contribution in [3.8, 4) is 5.75 Å². The SMILES string of the molecule is CCOc1cc(N(C)CC(C)O)ccc1N. The summed E-state index contributed by atoms with van der Waals surface area (Å²) >= 11 is 0. The van der Waals surface area contributed by atoms with Crippen LogP contribution in [-0.4, -0.2) is 31.4 Å². The van der Waals surface area contributed by atoms with E-state index in [4.69, 9.17) is 10.5 Å². The number of nitrogens with two attached hydrogens (primary N) is 1. The Kier molecular flexibility index (Phi) is 4.43. The Morgan fingerprint density at radius 1 is 1.50 bits per heavy atom. The number of aliphatic hydroxyl groups is 1. The summed E-state index contributed by atoms with van der Waals surface area (Å²) in [5.41, 5.74) is 7.40. The lowest BCUT2D eigenvalue weighted by molar-refractivity contribution is 0.201. The van der Waals surface area contributed by atoms with Gasteiger partial charge in [-0.3, -0.25) is 0 Å². The molecule has 0 aromatic heterocycles. The standard InChI is InChI=1S/C12H20N2O2/c1-4-16-12-7-10(5-6-11(12)13)14(3)8-9(2)15/h5-7,9,15H,4,8,13H2,1-3H3. The minimum Gasteiger partial charge on any atom is -0.492 e. The highest BCUT2D eigenvalue weighted by Gasteiger charge is 2.07. The molecule has 0 radical (unpaired) electrons. The molecule has 0 aliphatic heterocycles. The zero-order chi connectivity index (χ0) is 12.1. The van der Waals surface area contributed by atoms with E-state index in [9.17, 15) is 5.11 Å². The van der Waals surface area contributed by atoms with E-state index >= 15 is 0 Å². The van der Waals surface area contributed by atoms with Gasteiger partial charge in [0.1, 0.15) is 5.75 Å². The number of hydrogen-bond acceptors (Lipinski definition) is 4. The number of nitrogen functional groups attached to an aromatic ring is 1. The van der Waals surface area contributed by atoms with Crippen molar-refractivity contribution in [3.63, 3.8) is 0 Å². The second-order valence-corrected chi connectivity index (χ2v) is 3.88. The number of rotatable bonds is 5. The zero-order valence-corrected chi connectivity index (χ0v) is 10.1. The monoisotopic (exact) mass is 224 g/mol. The fourth-order valence-electron chi connectivity index (χ4n) is 1.54. The third-order valence-corrected chi connectivity index (χ3v) is 2.28. The Morgan fingerprint density at radius 2 is 2.19 bits per heavy atom. The van der Waals surface area contributed by atoms with Crippen LogP contribution in [0.1, 0.15) is 13.8 Å². The molecule has 1 atom stereocenters. The van der Waals surface area contributed by atoms with E-state index < -0.39 is 0 Å². The van der Waals surface area contributed by atoms with E-state index in [1.54, 1.807) is 6.92 Å². The summed E-state index contributed by atoms with van der Waals surface area (Å²) in [6.07, 6.45) is -0.363. The minimum absolute atomic E-state index is 0.363. The number of benzene rings is 1. The van der Waals surface area contributed by atoms with Crippen LogP contribution in [0.5, 0.6) is 5.75 Å². The number of nitrogens with zero attached hydrogens (tertiary/aromatic N) is 1. The summed E-state index contributed by atoms with van der Waals surface area (Å²) in [5.74, 6) is 0.692. The van der Waals surface area contributed by atoms with E-state index in [-0.39, 0.29) is 6.10 Å². The van der Waals surface area contributed by atoms with Gasteiger partial charge in [-0.15, -0.1) is 0 Å². The van der Waals surface area contributed by atoms with E-state index in [1.807, 2.05) is 37.1 Å². The first-order valence-corrected chi connectivity index (χ1v) is 5.46. The minimum atomic E-state index is -0.363. The first-order chi connectivity index (χ1) is 7.54. The van der Waals surface area contributed by atoms with Crippen LogP contribution in [-0.2, 0) is 0 Å². The molecule has 16 heavy (non-hydrogen) atoms. The molecule has 0 heterocycles. The Balaban J connectivity index is 2.84. The van der Waals surface area contributed by atoms with Crippen LogP contribution in [0.15, 0.2) is 18.2 Å². The smallest absolute Gasteiger partial charge is 0.144 e. The summed E-state index contributed by atoms with van der Waals surface area (Å²) < 4.78 is 5.42. The Morgan fingerprint density at radius 3 is 2.75 bits per heavy atom. The van der Waals surface area contributed by atoms with Crippen LogP contribution in [0, 0.1) is 0 Å². The van der Waals surface area contributed by atoms with E-state index in [0.717, 1.165) is 5.69 Å². The number of ether oxygens (including phenoxy) is 1. The molecule has 0 aliphatic rings. The first kappa shape index (κ1) is 12.6. The van der Waals surface area contributed by atoms with E-state index in [2.05, 4.69) is 0 Å². The van der Waals surface area contributed by atoms with Crippen LogP contribution in [0.3, 0.4) is 0 Å². The molecular weight excluding hydrogens is 204 g/mol. The van der Waals surface area contributed by atoms with Gasteiger partial charge in [0.25, 0.3) is 0 Å². The molecule has 0 fully saturated rings. The third kappa shape index (κ3) is 3.31. The van der Waals surface area contributed by atoms with Gasteiger partial charge in [-0.05, 0) is 26.0 Å². The third-order valence-electron chi connectivity index (χ3n) is 2.28. The number of aliphatic hydroxyl groups excluding tert-OH is 1. The quantitative estimate of drug-likeness (QED) is 0.744. The molecule has 0 spiro atoms. The molecule has 1 aromatic carbocycles. The molecule has 0 amide bonds. The summed E-state index contributed by atoms with van der Waals surface area (Å²) in [5, 5.41) is 9.31. The van der Waals surface area contributed by atoms with Crippen LogP contribution in [0.25, 0.3) is 0 Å². The molecule has 0 aliphatic carbocycles. The van der Waals surface area contributed by atoms with E-state index in [1.165, 1.54) is 0 Å². The van der Waals surface area contributed by atoms with Gasteiger partial charge in [0.2, 0.25) is 0 Å². The number of anilines is 2. The summed E-state index contributed by atoms with van der Waals surface area (Å²) in [4.78, 5) is 1.96. The van der Waals surface area contributed by atoms with Crippen molar-refractivity contribution in [1.82, 2.24) is 0 Å². The second kappa shape index (κ2) is 5.61. The molecule has 0 saturated carbocycles. The Labute approximate surface area is 96.6 Å². The van der Waals surface area contributed by atoms with Crippen molar-refractivity contribution in [2.75, 3.05) is 30.8 Å². The highest BCUT2D eigenvalue weighted by atomic mass is 16.5. The fourth-order valence-corrected chi connectivity index (χ4v) is 1.54. The lowest BCUT2D eigenvalue weighted by atomic mass is 10.2. The van der Waals surface area contributed by atoms with Gasteiger partial charge >= 0.3 is 0 Å². The van der Waals surface area contributed by atoms with Gasteiger partial charge in [0.15, 0.2) is 0 Å². The number of likely N-dealkylation sites (N-methyl/N-ethyl adjacent to an activating group) is 1. The van der Waals surface area contributed by atoms with Crippen LogP contribution in [0.2, 0.25) is 0 Å². The van der Waals surface area contributed by atoms with Crippen LogP contribution in [0.4, 0.5) is 11.4 Å². The molecule has 90 valence electrons. The zero-order valence-electron chi connectivity index (χ0n) is 10.1. The maximum absolute atomic E-state index is 9.31. The number of hydrogen-bond donors (Lipinski definition) is 2. The maximum Gasteiger partial charge on any atom is 0.144 e. The van der Waals surface area contributed by atoms with Gasteiger partial charge in [-0.25, -0.2) is 0 Å². The van der Waals surface area contributed by atoms with Crippen molar-refractivity contribution in [1.29, 1.82) is 0 Å². The van der Waals surface area contributed by atoms with Gasteiger partial charge in [0, 0.05) is 25.3 Å². The predicted octanol–water partition coefficient (Wildman–Crippen LogP) is 1.48. The molecule has 1 rings (SSSR count). The molecule has 3 N–H and O–H groups in total. The molecule has 0 bridgehead atoms. The first-order valence-electron chi connectivity index (χ1n) is 5.46. The second-order valence-electron chi connectivity index (χ2n) is 3.88. The van der Waals surface area contributed by atoms with Gasteiger partial charge in [-0.1, -0.05) is 0 Å². The molecule has 1 unspecified atom stereocenters. The normalized spacial score (nSPS) is 12.2. The topological polar surface area (TPSA) is 58.7 Å². The average Bonchev–Trinajstić information content (AvgIpc) is 2.20. The summed E-state index contributed by atoms with van der Waals surface area (Å²) in [6, 6.07) is 5.63. The van der Waals surface area contributed by atoms with Gasteiger partial charge in [0.05, 0.1) is 18.4 Å². The molecule has 4 nitrogen and oxygen atoms in total. The van der Waals surface area contributed by atoms with Crippen molar-refractivity contribution in [3.05, 3.63) is 18.2 Å². The largest absolute Gasteiger partial charge is 0.492 e. The summed E-state index contributed by atoms with van der Waals surface area (Å²) in [7, 11) is 1.92. The summed E-state index contributed by atoms with van der Waals surface area (Å²) in [6.45, 7) is 4.85. The Hall–Kier alpha value is -1.42. The van der Waals surface area contributed by atoms with Crippen LogP contribution >= 0.6 is 0 Å². The van der Waals surface area contributed by atoms with Crippen molar-refractivity contribution < 1.29 is 9.84 Å². The Bertz CT molecular complexity index is 340. The van der Waals surface area contributed by atoms with E-state index in [0.29, 0.717) is 24.6 Å². The molecular formula is C12H20N2O2. The van der Waals surface area contributed by atoms with Crippen molar-refractivity contribution in [2.45, 2.75) is 20.0 Å². The molecule has 1 aromatic rings. The lowest BCUT2D eigenvalue weighted by Crippen LogP contribution is -2.26. The predicted molar refractivity (Wildman–Crippen MR) is 67.0 cm³/mol. The average molecular weight is 224 g/mol. The van der Waals surface area contributed by atoms with Gasteiger partial charge < -0.3 is 20.5 Å². The highest BCUT2D eigenvalue weighted by molar-refractivity contribution is 5.62. The fraction of sp³-hybridized carbons (Fsp3) is 0.500. The molecule has 0 saturated heterocycles. The lowest BCUT2D eigenvalue weighted by Gasteiger charge is -2.22. The van der Waals surface area contributed by atoms with Crippen molar-refractivity contribution in [2.24, 2.45) is 0 Å². The highest BCUT2D eigenvalue weighted by Crippen LogP contribution is 2.27. The molecule has 4 heteroatoms. The van der Waals surface area contributed by atoms with Crippen molar-refractivity contribution >= 4 is 11.4 Å².